The summed E-state index contributed by atoms with van der Waals surface area (Å²) in [6.45, 7) is 0.688. The Hall–Kier alpha value is -2.59. The zero-order valence-electron chi connectivity index (χ0n) is 12.8. The highest BCUT2D eigenvalue weighted by Gasteiger charge is 2.18. The second-order valence-corrected chi connectivity index (χ2v) is 5.81. The van der Waals surface area contributed by atoms with E-state index in [1.54, 1.807) is 23.3 Å². The van der Waals surface area contributed by atoms with Crippen molar-refractivity contribution in [2.75, 3.05) is 0 Å². The van der Waals surface area contributed by atoms with Crippen molar-refractivity contribution in [2.45, 2.75) is 13.1 Å². The molecule has 0 fully saturated rings. The topological polar surface area (TPSA) is 33.5 Å². The average Bonchev–Trinajstić information content (AvgIpc) is 3.07. The minimum atomic E-state index is -0.376. The Morgan fingerprint density at radius 3 is 2.50 bits per heavy atom. The van der Waals surface area contributed by atoms with Gasteiger partial charge in [0, 0.05) is 17.1 Å². The van der Waals surface area contributed by atoms with E-state index < -0.39 is 0 Å². The summed E-state index contributed by atoms with van der Waals surface area (Å²) in [4.78, 5) is 14.4. The van der Waals surface area contributed by atoms with Crippen LogP contribution in [0.2, 0.25) is 5.02 Å². The summed E-state index contributed by atoms with van der Waals surface area (Å²) in [7, 11) is 0. The maximum Gasteiger partial charge on any atom is 0.254 e. The van der Waals surface area contributed by atoms with Crippen LogP contribution in [0.5, 0.6) is 0 Å². The van der Waals surface area contributed by atoms with Crippen LogP contribution in [0.4, 0.5) is 4.39 Å². The Bertz CT molecular complexity index is 816. The molecule has 0 saturated heterocycles. The minimum absolute atomic E-state index is 0.202. The van der Waals surface area contributed by atoms with Crippen LogP contribution < -0.4 is 0 Å². The third-order valence-corrected chi connectivity index (χ3v) is 3.80. The number of nitrogens with zero attached hydrogens (tertiary/aromatic N) is 1. The summed E-state index contributed by atoms with van der Waals surface area (Å²) >= 11 is 6.02. The summed E-state index contributed by atoms with van der Waals surface area (Å²) in [5.41, 5.74) is 1.33. The molecule has 1 aromatic heterocycles. The normalized spacial score (nSPS) is 10.6. The number of carbonyl (C=O) groups is 1. The Morgan fingerprint density at radius 2 is 1.83 bits per heavy atom. The van der Waals surface area contributed by atoms with Crippen molar-refractivity contribution >= 4 is 17.5 Å². The summed E-state index contributed by atoms with van der Waals surface area (Å²) in [6, 6.07) is 16.4. The largest absolute Gasteiger partial charge is 0.467 e. The third-order valence-electron chi connectivity index (χ3n) is 3.57. The van der Waals surface area contributed by atoms with Crippen molar-refractivity contribution in [1.29, 1.82) is 0 Å². The van der Waals surface area contributed by atoms with Gasteiger partial charge in [-0.05, 0) is 54.1 Å². The van der Waals surface area contributed by atoms with Gasteiger partial charge < -0.3 is 9.32 Å². The van der Waals surface area contributed by atoms with Gasteiger partial charge in [0.1, 0.15) is 11.6 Å². The van der Waals surface area contributed by atoms with Crippen LogP contribution in [-0.2, 0) is 13.1 Å². The SMILES string of the molecule is O=C(c1ccc(F)cc1)N(Cc1cccc(Cl)c1)Cc1ccco1. The van der Waals surface area contributed by atoms with Crippen LogP contribution >= 0.6 is 11.6 Å². The van der Waals surface area contributed by atoms with Gasteiger partial charge in [-0.25, -0.2) is 4.39 Å². The maximum atomic E-state index is 13.1. The first-order valence-corrected chi connectivity index (χ1v) is 7.81. The number of halogens is 2. The molecule has 3 aromatic rings. The van der Waals surface area contributed by atoms with Crippen molar-refractivity contribution in [3.63, 3.8) is 0 Å². The van der Waals surface area contributed by atoms with E-state index in [-0.39, 0.29) is 11.7 Å². The zero-order valence-corrected chi connectivity index (χ0v) is 13.5. The van der Waals surface area contributed by atoms with Gasteiger partial charge in [-0.15, -0.1) is 0 Å². The minimum Gasteiger partial charge on any atom is -0.467 e. The number of carbonyl (C=O) groups excluding carboxylic acids is 1. The molecule has 0 radical (unpaired) electrons. The van der Waals surface area contributed by atoms with Gasteiger partial charge in [-0.2, -0.15) is 0 Å². The number of rotatable bonds is 5. The van der Waals surface area contributed by atoms with E-state index in [4.69, 9.17) is 16.0 Å². The molecule has 24 heavy (non-hydrogen) atoms. The number of benzene rings is 2. The Kier molecular flexibility index (Phi) is 4.96. The first-order chi connectivity index (χ1) is 11.6. The summed E-state index contributed by atoms with van der Waals surface area (Å²) < 4.78 is 18.4. The smallest absolute Gasteiger partial charge is 0.254 e. The Labute approximate surface area is 144 Å². The molecule has 0 atom stereocenters. The molecular weight excluding hydrogens is 329 g/mol. The molecule has 0 saturated carbocycles. The second kappa shape index (κ2) is 7.32. The lowest BCUT2D eigenvalue weighted by Crippen LogP contribution is -2.30. The summed E-state index contributed by atoms with van der Waals surface area (Å²) in [6.07, 6.45) is 1.56. The standard InChI is InChI=1S/C19H15ClFNO2/c20-16-4-1-3-14(11-16)12-22(13-18-5-2-10-24-18)19(23)15-6-8-17(21)9-7-15/h1-11H,12-13H2. The van der Waals surface area contributed by atoms with Gasteiger partial charge in [0.05, 0.1) is 12.8 Å². The molecule has 0 aliphatic carbocycles. The van der Waals surface area contributed by atoms with Crippen LogP contribution in [-0.4, -0.2) is 10.8 Å². The highest BCUT2D eigenvalue weighted by atomic mass is 35.5. The van der Waals surface area contributed by atoms with Gasteiger partial charge >= 0.3 is 0 Å². The molecule has 0 aliphatic heterocycles. The van der Waals surface area contributed by atoms with Crippen molar-refractivity contribution in [2.24, 2.45) is 0 Å². The van der Waals surface area contributed by atoms with Crippen LogP contribution in [0.3, 0.4) is 0 Å². The van der Waals surface area contributed by atoms with Crippen LogP contribution in [0, 0.1) is 5.82 Å². The van der Waals surface area contributed by atoms with Gasteiger partial charge in [0.2, 0.25) is 0 Å². The van der Waals surface area contributed by atoms with E-state index in [1.807, 2.05) is 24.3 Å². The van der Waals surface area contributed by atoms with E-state index in [2.05, 4.69) is 0 Å². The van der Waals surface area contributed by atoms with E-state index in [9.17, 15) is 9.18 Å². The number of furan rings is 1. The van der Waals surface area contributed by atoms with Gasteiger partial charge in [0.15, 0.2) is 0 Å². The van der Waals surface area contributed by atoms with Crippen LogP contribution in [0.1, 0.15) is 21.7 Å². The summed E-state index contributed by atoms with van der Waals surface area (Å²) in [5.74, 6) is 0.0952. The molecule has 0 unspecified atom stereocenters. The van der Waals surface area contributed by atoms with Crippen molar-refractivity contribution < 1.29 is 13.6 Å². The molecular formula is C19H15ClFNO2. The highest BCUT2D eigenvalue weighted by molar-refractivity contribution is 6.30. The molecule has 1 heterocycles. The molecule has 0 N–H and O–H groups in total. The van der Waals surface area contributed by atoms with Crippen molar-refractivity contribution in [1.82, 2.24) is 4.90 Å². The quantitative estimate of drug-likeness (QED) is 0.659. The molecule has 3 nitrogen and oxygen atoms in total. The summed E-state index contributed by atoms with van der Waals surface area (Å²) in [5, 5.41) is 0.611. The third kappa shape index (κ3) is 4.03. The Balaban J connectivity index is 1.86. The maximum absolute atomic E-state index is 13.1. The molecule has 1 amide bonds. The van der Waals surface area contributed by atoms with E-state index in [0.29, 0.717) is 29.4 Å². The first kappa shape index (κ1) is 16.3. The molecule has 0 bridgehead atoms. The molecule has 122 valence electrons. The van der Waals surface area contributed by atoms with Gasteiger partial charge in [-0.3, -0.25) is 4.79 Å². The van der Waals surface area contributed by atoms with Crippen LogP contribution in [0.15, 0.2) is 71.3 Å². The molecule has 2 aromatic carbocycles. The monoisotopic (exact) mass is 343 g/mol. The lowest BCUT2D eigenvalue weighted by atomic mass is 10.1. The van der Waals surface area contributed by atoms with Crippen LogP contribution in [0.25, 0.3) is 0 Å². The Morgan fingerprint density at radius 1 is 1.04 bits per heavy atom. The second-order valence-electron chi connectivity index (χ2n) is 5.38. The molecule has 0 spiro atoms. The highest BCUT2D eigenvalue weighted by Crippen LogP contribution is 2.17. The number of hydrogen-bond donors (Lipinski definition) is 0. The number of hydrogen-bond acceptors (Lipinski definition) is 2. The molecule has 5 heteroatoms. The zero-order chi connectivity index (χ0) is 16.9. The predicted molar refractivity (Wildman–Crippen MR) is 90.1 cm³/mol. The van der Waals surface area contributed by atoms with E-state index in [1.165, 1.54) is 24.3 Å². The van der Waals surface area contributed by atoms with Gasteiger partial charge in [-0.1, -0.05) is 23.7 Å². The molecule has 3 rings (SSSR count). The number of amides is 1. The average molecular weight is 344 g/mol. The first-order valence-electron chi connectivity index (χ1n) is 7.43. The van der Waals surface area contributed by atoms with E-state index >= 15 is 0 Å². The fraction of sp³-hybridized carbons (Fsp3) is 0.105. The lowest BCUT2D eigenvalue weighted by Gasteiger charge is -2.22. The van der Waals surface area contributed by atoms with Gasteiger partial charge in [0.25, 0.3) is 5.91 Å². The van der Waals surface area contributed by atoms with E-state index in [0.717, 1.165) is 5.56 Å². The van der Waals surface area contributed by atoms with Crippen molar-refractivity contribution in [3.8, 4) is 0 Å². The van der Waals surface area contributed by atoms with Crippen molar-refractivity contribution in [3.05, 3.63) is 94.7 Å². The predicted octanol–water partition coefficient (Wildman–Crippen LogP) is 4.91. The molecule has 0 aliphatic rings. The fourth-order valence-electron chi connectivity index (χ4n) is 2.42. The fourth-order valence-corrected chi connectivity index (χ4v) is 2.63. The lowest BCUT2D eigenvalue weighted by molar-refractivity contribution is 0.0717.